The Morgan fingerprint density at radius 1 is 1.32 bits per heavy atom. The van der Waals surface area contributed by atoms with Crippen molar-refractivity contribution >= 4 is 5.96 Å². The van der Waals surface area contributed by atoms with Crippen molar-refractivity contribution in [3.8, 4) is 5.75 Å². The van der Waals surface area contributed by atoms with E-state index >= 15 is 0 Å². The number of nitrogens with one attached hydrogen (secondary N) is 2. The molecule has 0 bridgehead atoms. The molecule has 0 fully saturated rings. The van der Waals surface area contributed by atoms with Crippen molar-refractivity contribution in [1.29, 1.82) is 0 Å². The van der Waals surface area contributed by atoms with Crippen LogP contribution in [0.15, 0.2) is 41.7 Å². The van der Waals surface area contributed by atoms with Crippen LogP contribution in [0.3, 0.4) is 0 Å². The summed E-state index contributed by atoms with van der Waals surface area (Å²) in [6, 6.07) is 8.18. The van der Waals surface area contributed by atoms with Gasteiger partial charge in [0, 0.05) is 31.9 Å². The average Bonchev–Trinajstić information content (AvgIpc) is 3.12. The quantitative estimate of drug-likeness (QED) is 0.430. The smallest absolute Gasteiger partial charge is 0.191 e. The number of rotatable bonds is 10. The minimum Gasteiger partial charge on any atom is -0.494 e. The molecule has 1 unspecified atom stereocenters. The van der Waals surface area contributed by atoms with Gasteiger partial charge in [0.15, 0.2) is 5.96 Å². The maximum atomic E-state index is 10.7. The molecule has 0 radical (unpaired) electrons. The third-order valence-electron chi connectivity index (χ3n) is 4.29. The van der Waals surface area contributed by atoms with Gasteiger partial charge < -0.3 is 20.5 Å². The summed E-state index contributed by atoms with van der Waals surface area (Å²) in [6.45, 7) is 8.33. The largest absolute Gasteiger partial charge is 0.494 e. The van der Waals surface area contributed by atoms with E-state index in [0.29, 0.717) is 5.96 Å². The highest BCUT2D eigenvalue weighted by atomic mass is 16.5. The molecule has 1 aromatic carbocycles. The van der Waals surface area contributed by atoms with Gasteiger partial charge in [0.1, 0.15) is 11.4 Å². The zero-order valence-corrected chi connectivity index (χ0v) is 17.4. The van der Waals surface area contributed by atoms with Crippen LogP contribution in [-0.2, 0) is 19.1 Å². The average molecular weight is 388 g/mol. The number of nitrogens with zero attached hydrogens (tertiary/aromatic N) is 3. The third-order valence-corrected chi connectivity index (χ3v) is 4.29. The lowest BCUT2D eigenvalue weighted by molar-refractivity contribution is 0.0672. The highest BCUT2D eigenvalue weighted by Gasteiger charge is 2.24. The lowest BCUT2D eigenvalue weighted by atomic mass is 10.0. The first kappa shape index (κ1) is 21.8. The van der Waals surface area contributed by atoms with Gasteiger partial charge in [-0.1, -0.05) is 19.1 Å². The summed E-state index contributed by atoms with van der Waals surface area (Å²) in [6.07, 6.45) is 5.33. The van der Waals surface area contributed by atoms with Crippen molar-refractivity contribution in [1.82, 2.24) is 20.4 Å². The highest BCUT2D eigenvalue weighted by Crippen LogP contribution is 2.19. The van der Waals surface area contributed by atoms with Crippen molar-refractivity contribution < 1.29 is 9.84 Å². The molecule has 1 aromatic heterocycles. The number of aliphatic hydroxyl groups is 1. The molecule has 3 N–H and O–H groups in total. The number of guanidine groups is 1. The molecular formula is C21H33N5O2. The van der Waals surface area contributed by atoms with E-state index in [-0.39, 0.29) is 6.54 Å². The molecule has 0 aliphatic carbocycles. The normalized spacial score (nSPS) is 13.8. The number of hydrogen-bond donors (Lipinski definition) is 3. The van der Waals surface area contributed by atoms with Crippen molar-refractivity contribution in [3.05, 3.63) is 47.8 Å². The van der Waals surface area contributed by atoms with Gasteiger partial charge in [0.2, 0.25) is 0 Å². The standard InChI is InChI=1S/C21H33N5O2/c1-5-12-28-19-9-7-8-17(13-19)10-11-23-20(22-6-2)24-16-21(3,27)18-14-25-26(4)15-18/h7-9,13-15,27H,5-6,10-12,16H2,1-4H3,(H2,22,23,24). The molecule has 0 saturated carbocycles. The number of aryl methyl sites for hydroxylation is 1. The van der Waals surface area contributed by atoms with Gasteiger partial charge in [-0.25, -0.2) is 4.99 Å². The second kappa shape index (κ2) is 10.7. The van der Waals surface area contributed by atoms with Gasteiger partial charge in [0.25, 0.3) is 0 Å². The summed E-state index contributed by atoms with van der Waals surface area (Å²) < 4.78 is 7.37. The van der Waals surface area contributed by atoms with E-state index in [1.165, 1.54) is 5.56 Å². The van der Waals surface area contributed by atoms with Crippen LogP contribution in [0, 0.1) is 0 Å². The molecule has 7 heteroatoms. The van der Waals surface area contributed by atoms with E-state index in [9.17, 15) is 5.11 Å². The van der Waals surface area contributed by atoms with Gasteiger partial charge in [-0.3, -0.25) is 4.68 Å². The Balaban J connectivity index is 1.91. The number of aliphatic imine (C=N–C) groups is 1. The number of hydrogen-bond acceptors (Lipinski definition) is 4. The molecule has 1 atom stereocenters. The minimum atomic E-state index is -1.07. The second-order valence-electron chi connectivity index (χ2n) is 7.04. The number of ether oxygens (including phenoxy) is 1. The summed E-state index contributed by atoms with van der Waals surface area (Å²) in [5, 5.41) is 21.4. The van der Waals surface area contributed by atoms with Gasteiger partial charge in [-0.15, -0.1) is 0 Å². The predicted molar refractivity (Wildman–Crippen MR) is 113 cm³/mol. The third kappa shape index (κ3) is 6.88. The molecule has 7 nitrogen and oxygen atoms in total. The molecule has 0 aliphatic rings. The highest BCUT2D eigenvalue weighted by molar-refractivity contribution is 5.79. The maximum Gasteiger partial charge on any atom is 0.191 e. The summed E-state index contributed by atoms with van der Waals surface area (Å²) in [7, 11) is 1.83. The Bertz CT molecular complexity index is 755. The molecule has 0 saturated heterocycles. The summed E-state index contributed by atoms with van der Waals surface area (Å²) >= 11 is 0. The first-order valence-corrected chi connectivity index (χ1v) is 9.90. The van der Waals surface area contributed by atoms with Gasteiger partial charge in [-0.2, -0.15) is 5.10 Å². The Hall–Kier alpha value is -2.54. The number of benzene rings is 1. The predicted octanol–water partition coefficient (Wildman–Crippen LogP) is 2.21. The van der Waals surface area contributed by atoms with Crippen LogP contribution in [0.25, 0.3) is 0 Å². The zero-order valence-electron chi connectivity index (χ0n) is 17.4. The Labute approximate surface area is 167 Å². The summed E-state index contributed by atoms with van der Waals surface area (Å²) in [5.74, 6) is 1.59. The van der Waals surface area contributed by atoms with E-state index < -0.39 is 5.60 Å². The van der Waals surface area contributed by atoms with Crippen molar-refractivity contribution in [2.75, 3.05) is 26.2 Å². The Morgan fingerprint density at radius 3 is 2.82 bits per heavy atom. The molecule has 154 valence electrons. The monoisotopic (exact) mass is 387 g/mol. The van der Waals surface area contributed by atoms with E-state index in [1.807, 2.05) is 32.3 Å². The first-order valence-electron chi connectivity index (χ1n) is 9.90. The van der Waals surface area contributed by atoms with Crippen LogP contribution < -0.4 is 15.4 Å². The van der Waals surface area contributed by atoms with E-state index in [0.717, 1.165) is 43.9 Å². The van der Waals surface area contributed by atoms with E-state index in [1.54, 1.807) is 17.8 Å². The van der Waals surface area contributed by atoms with E-state index in [2.05, 4.69) is 39.8 Å². The molecule has 0 amide bonds. The summed E-state index contributed by atoms with van der Waals surface area (Å²) in [4.78, 5) is 4.54. The van der Waals surface area contributed by atoms with Crippen molar-refractivity contribution in [2.24, 2.45) is 12.0 Å². The Morgan fingerprint density at radius 2 is 2.14 bits per heavy atom. The van der Waals surface area contributed by atoms with Crippen LogP contribution in [0.1, 0.15) is 38.3 Å². The fourth-order valence-electron chi connectivity index (χ4n) is 2.70. The lowest BCUT2D eigenvalue weighted by Crippen LogP contribution is -2.39. The zero-order chi connectivity index (χ0) is 20.4. The van der Waals surface area contributed by atoms with Gasteiger partial charge in [-0.05, 0) is 44.4 Å². The maximum absolute atomic E-state index is 10.7. The molecule has 28 heavy (non-hydrogen) atoms. The van der Waals surface area contributed by atoms with Crippen molar-refractivity contribution in [2.45, 2.75) is 39.2 Å². The molecule has 0 spiro atoms. The topological polar surface area (TPSA) is 83.7 Å². The van der Waals surface area contributed by atoms with Gasteiger partial charge in [0.05, 0.1) is 19.3 Å². The van der Waals surface area contributed by atoms with Crippen LogP contribution in [0.5, 0.6) is 5.75 Å². The second-order valence-corrected chi connectivity index (χ2v) is 7.04. The van der Waals surface area contributed by atoms with Crippen LogP contribution in [0.4, 0.5) is 0 Å². The Kier molecular flexibility index (Phi) is 8.32. The fourth-order valence-corrected chi connectivity index (χ4v) is 2.70. The lowest BCUT2D eigenvalue weighted by Gasteiger charge is -2.20. The first-order chi connectivity index (χ1) is 13.4. The van der Waals surface area contributed by atoms with Crippen molar-refractivity contribution in [3.63, 3.8) is 0 Å². The van der Waals surface area contributed by atoms with Gasteiger partial charge >= 0.3 is 0 Å². The van der Waals surface area contributed by atoms with E-state index in [4.69, 9.17) is 4.74 Å². The molecular weight excluding hydrogens is 354 g/mol. The molecule has 2 rings (SSSR count). The molecule has 0 aliphatic heterocycles. The van der Waals surface area contributed by atoms with Crippen LogP contribution >= 0.6 is 0 Å². The minimum absolute atomic E-state index is 0.244. The SMILES string of the molecule is CCCOc1cccc(CCNC(=NCC(C)(O)c2cnn(C)c2)NCC)c1. The summed E-state index contributed by atoms with van der Waals surface area (Å²) in [5.41, 5.74) is 0.888. The molecule has 1 heterocycles. The fraction of sp³-hybridized carbons (Fsp3) is 0.524. The van der Waals surface area contributed by atoms with Crippen LogP contribution in [0.2, 0.25) is 0 Å². The van der Waals surface area contributed by atoms with Crippen LogP contribution in [-0.4, -0.2) is 47.1 Å². The number of aromatic nitrogens is 2. The molecule has 2 aromatic rings.